The number of piperidine rings is 1. The van der Waals surface area contributed by atoms with E-state index in [1.54, 1.807) is 6.20 Å². The van der Waals surface area contributed by atoms with Crippen molar-refractivity contribution in [3.8, 4) is 0 Å². The standard InChI is InChI=1S/C18H19ClFN3O/c19-17-10-13(20)6-7-16(17)18(24)22-15-5-3-9-23(12-15)11-14-4-1-2-8-21-14/h1-2,4,6-8,10,15H,3,5,9,11-12H2,(H,22,24)/t15-/m0/s1. The molecule has 0 radical (unpaired) electrons. The van der Waals surface area contributed by atoms with Gasteiger partial charge >= 0.3 is 0 Å². The molecule has 1 aromatic heterocycles. The van der Waals surface area contributed by atoms with Crippen LogP contribution in [0.15, 0.2) is 42.6 Å². The summed E-state index contributed by atoms with van der Waals surface area (Å²) in [4.78, 5) is 19.0. The zero-order valence-corrected chi connectivity index (χ0v) is 14.0. The number of amides is 1. The molecule has 2 aromatic rings. The molecule has 0 aliphatic carbocycles. The van der Waals surface area contributed by atoms with E-state index in [-0.39, 0.29) is 17.0 Å². The average molecular weight is 348 g/mol. The van der Waals surface area contributed by atoms with Crippen molar-refractivity contribution in [3.05, 3.63) is 64.7 Å². The third-order valence-electron chi connectivity index (χ3n) is 4.13. The van der Waals surface area contributed by atoms with Crippen LogP contribution in [0.3, 0.4) is 0 Å². The maximum atomic E-state index is 13.1. The molecular formula is C18H19ClFN3O. The van der Waals surface area contributed by atoms with Crippen LogP contribution in [0.1, 0.15) is 28.9 Å². The van der Waals surface area contributed by atoms with E-state index in [0.717, 1.165) is 44.2 Å². The molecule has 1 N–H and O–H groups in total. The van der Waals surface area contributed by atoms with Crippen LogP contribution in [0.4, 0.5) is 4.39 Å². The van der Waals surface area contributed by atoms with Gasteiger partial charge in [-0.2, -0.15) is 0 Å². The number of hydrogen-bond acceptors (Lipinski definition) is 3. The predicted octanol–water partition coefficient (Wildman–Crippen LogP) is 3.27. The van der Waals surface area contributed by atoms with Crippen molar-refractivity contribution in [2.24, 2.45) is 0 Å². The molecule has 1 aliphatic rings. The van der Waals surface area contributed by atoms with E-state index >= 15 is 0 Å². The smallest absolute Gasteiger partial charge is 0.253 e. The number of aromatic nitrogens is 1. The lowest BCUT2D eigenvalue weighted by atomic mass is 10.0. The highest BCUT2D eigenvalue weighted by molar-refractivity contribution is 6.33. The number of likely N-dealkylation sites (tertiary alicyclic amines) is 1. The van der Waals surface area contributed by atoms with Gasteiger partial charge in [0.1, 0.15) is 5.82 Å². The lowest BCUT2D eigenvalue weighted by molar-refractivity contribution is 0.0900. The van der Waals surface area contributed by atoms with Crippen molar-refractivity contribution in [2.45, 2.75) is 25.4 Å². The third kappa shape index (κ3) is 4.30. The Labute approximate surface area is 145 Å². The van der Waals surface area contributed by atoms with E-state index in [4.69, 9.17) is 11.6 Å². The highest BCUT2D eigenvalue weighted by atomic mass is 35.5. The minimum Gasteiger partial charge on any atom is -0.348 e. The zero-order valence-electron chi connectivity index (χ0n) is 13.2. The van der Waals surface area contributed by atoms with E-state index in [0.29, 0.717) is 5.56 Å². The number of nitrogens with zero attached hydrogens (tertiary/aromatic N) is 2. The summed E-state index contributed by atoms with van der Waals surface area (Å²) in [6.45, 7) is 2.52. The Hall–Kier alpha value is -1.98. The summed E-state index contributed by atoms with van der Waals surface area (Å²) in [6, 6.07) is 9.75. The maximum Gasteiger partial charge on any atom is 0.253 e. The first-order valence-corrected chi connectivity index (χ1v) is 8.38. The Balaban J connectivity index is 1.59. The first kappa shape index (κ1) is 16.9. The second kappa shape index (κ2) is 7.73. The molecule has 1 amide bonds. The Morgan fingerprint density at radius 1 is 1.38 bits per heavy atom. The van der Waals surface area contributed by atoms with Gasteiger partial charge in [-0.05, 0) is 49.7 Å². The largest absolute Gasteiger partial charge is 0.348 e. The van der Waals surface area contributed by atoms with Crippen molar-refractivity contribution in [1.29, 1.82) is 0 Å². The number of pyridine rings is 1. The number of carbonyl (C=O) groups excluding carboxylic acids is 1. The Morgan fingerprint density at radius 3 is 3.00 bits per heavy atom. The molecule has 2 heterocycles. The molecule has 0 bridgehead atoms. The molecule has 6 heteroatoms. The lowest BCUT2D eigenvalue weighted by Crippen LogP contribution is -2.47. The summed E-state index contributed by atoms with van der Waals surface area (Å²) in [7, 11) is 0. The number of halogens is 2. The topological polar surface area (TPSA) is 45.2 Å². The van der Waals surface area contributed by atoms with E-state index in [2.05, 4.69) is 15.2 Å². The normalized spacial score (nSPS) is 18.3. The van der Waals surface area contributed by atoms with E-state index in [1.165, 1.54) is 12.1 Å². The molecule has 1 aromatic carbocycles. The summed E-state index contributed by atoms with van der Waals surface area (Å²) in [5, 5.41) is 3.14. The fourth-order valence-corrected chi connectivity index (χ4v) is 3.23. The molecule has 24 heavy (non-hydrogen) atoms. The van der Waals surface area contributed by atoms with Crippen molar-refractivity contribution in [1.82, 2.24) is 15.2 Å². The fourth-order valence-electron chi connectivity index (χ4n) is 2.97. The summed E-state index contributed by atoms with van der Waals surface area (Å²) < 4.78 is 13.1. The number of benzene rings is 1. The van der Waals surface area contributed by atoms with E-state index in [1.807, 2.05) is 18.2 Å². The minimum absolute atomic E-state index is 0.0519. The fraction of sp³-hybridized carbons (Fsp3) is 0.333. The SMILES string of the molecule is O=C(N[C@H]1CCCN(Cc2ccccn2)C1)c1ccc(F)cc1Cl. The van der Waals surface area contributed by atoms with Crippen molar-refractivity contribution in [3.63, 3.8) is 0 Å². The van der Waals surface area contributed by atoms with Crippen LogP contribution >= 0.6 is 11.6 Å². The Kier molecular flexibility index (Phi) is 5.43. The minimum atomic E-state index is -0.448. The van der Waals surface area contributed by atoms with Gasteiger partial charge in [-0.25, -0.2) is 4.39 Å². The van der Waals surface area contributed by atoms with Crippen molar-refractivity contribution < 1.29 is 9.18 Å². The first-order chi connectivity index (χ1) is 11.6. The van der Waals surface area contributed by atoms with Gasteiger partial charge in [0.15, 0.2) is 0 Å². The molecule has 1 atom stereocenters. The number of nitrogens with one attached hydrogen (secondary N) is 1. The molecule has 1 saturated heterocycles. The van der Waals surface area contributed by atoms with E-state index < -0.39 is 5.82 Å². The maximum absolute atomic E-state index is 13.1. The van der Waals surface area contributed by atoms with Gasteiger partial charge in [-0.1, -0.05) is 17.7 Å². The van der Waals surface area contributed by atoms with Crippen LogP contribution in [-0.4, -0.2) is 34.9 Å². The first-order valence-electron chi connectivity index (χ1n) is 8.00. The predicted molar refractivity (Wildman–Crippen MR) is 91.4 cm³/mol. The summed E-state index contributed by atoms with van der Waals surface area (Å²) in [5.41, 5.74) is 1.32. The summed E-state index contributed by atoms with van der Waals surface area (Å²) in [5.74, 6) is -0.708. The molecule has 1 aliphatic heterocycles. The zero-order chi connectivity index (χ0) is 16.9. The van der Waals surface area contributed by atoms with Gasteiger partial charge in [0.2, 0.25) is 0 Å². The van der Waals surface area contributed by atoms with Gasteiger partial charge < -0.3 is 5.32 Å². The summed E-state index contributed by atoms with van der Waals surface area (Å²) in [6.07, 6.45) is 3.72. The lowest BCUT2D eigenvalue weighted by Gasteiger charge is -2.33. The van der Waals surface area contributed by atoms with Gasteiger partial charge in [0.25, 0.3) is 5.91 Å². The number of carbonyl (C=O) groups is 1. The van der Waals surface area contributed by atoms with Gasteiger partial charge in [-0.15, -0.1) is 0 Å². The van der Waals surface area contributed by atoms with Crippen LogP contribution in [0.25, 0.3) is 0 Å². The van der Waals surface area contributed by atoms with Crippen LogP contribution < -0.4 is 5.32 Å². The van der Waals surface area contributed by atoms with Crippen LogP contribution in [0, 0.1) is 5.82 Å². The third-order valence-corrected chi connectivity index (χ3v) is 4.44. The molecule has 126 valence electrons. The van der Waals surface area contributed by atoms with Gasteiger partial charge in [0.05, 0.1) is 16.3 Å². The molecule has 0 unspecified atom stereocenters. The highest BCUT2D eigenvalue weighted by Gasteiger charge is 2.23. The van der Waals surface area contributed by atoms with Crippen LogP contribution in [-0.2, 0) is 6.54 Å². The number of rotatable bonds is 4. The Bertz CT molecular complexity index is 711. The second-order valence-electron chi connectivity index (χ2n) is 5.99. The van der Waals surface area contributed by atoms with Gasteiger partial charge in [-0.3, -0.25) is 14.7 Å². The summed E-state index contributed by atoms with van der Waals surface area (Å²) >= 11 is 5.96. The Morgan fingerprint density at radius 2 is 2.25 bits per heavy atom. The van der Waals surface area contributed by atoms with Crippen LogP contribution in [0.2, 0.25) is 5.02 Å². The molecular weight excluding hydrogens is 329 g/mol. The molecule has 0 saturated carbocycles. The molecule has 4 nitrogen and oxygen atoms in total. The monoisotopic (exact) mass is 347 g/mol. The quantitative estimate of drug-likeness (QED) is 0.923. The average Bonchev–Trinajstić information content (AvgIpc) is 2.56. The second-order valence-corrected chi connectivity index (χ2v) is 6.40. The van der Waals surface area contributed by atoms with Gasteiger partial charge in [0, 0.05) is 25.3 Å². The number of hydrogen-bond donors (Lipinski definition) is 1. The van der Waals surface area contributed by atoms with Crippen molar-refractivity contribution in [2.75, 3.05) is 13.1 Å². The molecule has 1 fully saturated rings. The van der Waals surface area contributed by atoms with E-state index in [9.17, 15) is 9.18 Å². The van der Waals surface area contributed by atoms with Crippen LogP contribution in [0.5, 0.6) is 0 Å². The highest BCUT2D eigenvalue weighted by Crippen LogP contribution is 2.18. The van der Waals surface area contributed by atoms with Crippen molar-refractivity contribution >= 4 is 17.5 Å². The molecule has 0 spiro atoms. The molecule has 3 rings (SSSR count).